The van der Waals surface area contributed by atoms with Crippen molar-refractivity contribution >= 4 is 15.8 Å². The Labute approximate surface area is 119 Å². The summed E-state index contributed by atoms with van der Waals surface area (Å²) in [5, 5.41) is 9.10. The number of aromatic nitrogens is 1. The van der Waals surface area contributed by atoms with Crippen molar-refractivity contribution in [2.75, 3.05) is 25.1 Å². The summed E-state index contributed by atoms with van der Waals surface area (Å²) in [7, 11) is -1.66. The van der Waals surface area contributed by atoms with Gasteiger partial charge in [0.2, 0.25) is 10.0 Å². The summed E-state index contributed by atoms with van der Waals surface area (Å²) in [6, 6.07) is 3.12. The summed E-state index contributed by atoms with van der Waals surface area (Å²) in [6.45, 7) is 2.39. The Bertz CT molecular complexity index is 540. The summed E-state index contributed by atoms with van der Waals surface area (Å²) in [5.41, 5.74) is 0. The molecule has 0 bridgehead atoms. The van der Waals surface area contributed by atoms with Gasteiger partial charge in [0.15, 0.2) is 0 Å². The number of aliphatic hydroxyl groups excluding tert-OH is 1. The Morgan fingerprint density at radius 1 is 1.50 bits per heavy atom. The van der Waals surface area contributed by atoms with Crippen molar-refractivity contribution in [2.45, 2.75) is 30.7 Å². The zero-order valence-corrected chi connectivity index (χ0v) is 12.6. The van der Waals surface area contributed by atoms with Crippen molar-refractivity contribution in [3.8, 4) is 0 Å². The summed E-state index contributed by atoms with van der Waals surface area (Å²) >= 11 is 0. The smallest absolute Gasteiger partial charge is 0.242 e. The molecule has 1 aliphatic carbocycles. The maximum Gasteiger partial charge on any atom is 0.242 e. The maximum atomic E-state index is 12.0. The van der Waals surface area contributed by atoms with E-state index >= 15 is 0 Å². The minimum atomic E-state index is -3.46. The highest BCUT2D eigenvalue weighted by molar-refractivity contribution is 7.89. The number of sulfonamides is 1. The molecule has 1 fully saturated rings. The van der Waals surface area contributed by atoms with Gasteiger partial charge in [0.25, 0.3) is 0 Å². The topological polar surface area (TPSA) is 82.5 Å². The van der Waals surface area contributed by atoms with E-state index in [2.05, 4.69) is 9.71 Å². The van der Waals surface area contributed by atoms with Crippen LogP contribution in [0.5, 0.6) is 0 Å². The molecule has 1 heterocycles. The minimum absolute atomic E-state index is 0.0151. The van der Waals surface area contributed by atoms with Crippen LogP contribution in [0.1, 0.15) is 19.8 Å². The summed E-state index contributed by atoms with van der Waals surface area (Å²) in [4.78, 5) is 6.13. The standard InChI is InChI=1S/C13H21N3O3S/c1-10(9-17)16(2)13-6-5-12(8-14-13)20(18,19)15-7-11-3-4-11/h5-6,8,10-11,15,17H,3-4,7,9H2,1-2H3/t10-/m1/s1. The second-order valence-corrected chi connectivity index (χ2v) is 7.06. The Morgan fingerprint density at radius 2 is 2.20 bits per heavy atom. The fraction of sp³-hybridized carbons (Fsp3) is 0.615. The highest BCUT2D eigenvalue weighted by Gasteiger charge is 2.24. The molecule has 20 heavy (non-hydrogen) atoms. The number of hydrogen-bond donors (Lipinski definition) is 2. The summed E-state index contributed by atoms with van der Waals surface area (Å²) < 4.78 is 26.7. The van der Waals surface area contributed by atoms with Gasteiger partial charge >= 0.3 is 0 Å². The first kappa shape index (κ1) is 15.2. The molecule has 1 aromatic rings. The molecule has 1 aliphatic rings. The normalized spacial score (nSPS) is 16.9. The van der Waals surface area contributed by atoms with Gasteiger partial charge in [-0.05, 0) is 37.8 Å². The zero-order valence-electron chi connectivity index (χ0n) is 11.8. The molecule has 7 heteroatoms. The molecular formula is C13H21N3O3S. The van der Waals surface area contributed by atoms with Gasteiger partial charge in [0.05, 0.1) is 12.6 Å². The predicted octanol–water partition coefficient (Wildman–Crippen LogP) is 0.587. The van der Waals surface area contributed by atoms with Crippen molar-refractivity contribution in [1.29, 1.82) is 0 Å². The molecule has 1 saturated carbocycles. The molecule has 6 nitrogen and oxygen atoms in total. The number of aliphatic hydroxyl groups is 1. The lowest BCUT2D eigenvalue weighted by molar-refractivity contribution is 0.270. The van der Waals surface area contributed by atoms with E-state index in [0.29, 0.717) is 18.3 Å². The fourth-order valence-corrected chi connectivity index (χ4v) is 2.78. The van der Waals surface area contributed by atoms with Gasteiger partial charge in [-0.2, -0.15) is 0 Å². The van der Waals surface area contributed by atoms with E-state index in [1.54, 1.807) is 11.0 Å². The van der Waals surface area contributed by atoms with Gasteiger partial charge in [-0.15, -0.1) is 0 Å². The van der Waals surface area contributed by atoms with Gasteiger partial charge in [0, 0.05) is 19.8 Å². The number of anilines is 1. The van der Waals surface area contributed by atoms with E-state index in [4.69, 9.17) is 5.11 Å². The number of nitrogens with one attached hydrogen (secondary N) is 1. The summed E-state index contributed by atoms with van der Waals surface area (Å²) in [5.74, 6) is 1.13. The summed E-state index contributed by atoms with van der Waals surface area (Å²) in [6.07, 6.45) is 3.55. The lowest BCUT2D eigenvalue weighted by Gasteiger charge is -2.24. The number of likely N-dealkylation sites (N-methyl/N-ethyl adjacent to an activating group) is 1. The molecule has 0 radical (unpaired) electrons. The van der Waals surface area contributed by atoms with E-state index < -0.39 is 10.0 Å². The molecule has 0 aliphatic heterocycles. The average molecular weight is 299 g/mol. The van der Waals surface area contributed by atoms with Crippen LogP contribution in [-0.2, 0) is 10.0 Å². The van der Waals surface area contributed by atoms with Gasteiger partial charge in [-0.1, -0.05) is 0 Å². The second kappa shape index (κ2) is 6.07. The first-order chi connectivity index (χ1) is 9.44. The Hall–Kier alpha value is -1.18. The Balaban J connectivity index is 2.06. The van der Waals surface area contributed by atoms with Crippen LogP contribution < -0.4 is 9.62 Å². The van der Waals surface area contributed by atoms with Crippen molar-refractivity contribution < 1.29 is 13.5 Å². The Kier molecular flexibility index (Phi) is 4.62. The van der Waals surface area contributed by atoms with Crippen LogP contribution in [0.2, 0.25) is 0 Å². The molecule has 1 aromatic heterocycles. The first-order valence-corrected chi connectivity index (χ1v) is 8.22. The Morgan fingerprint density at radius 3 is 2.70 bits per heavy atom. The molecule has 0 spiro atoms. The maximum absolute atomic E-state index is 12.0. The van der Waals surface area contributed by atoms with Gasteiger partial charge < -0.3 is 10.0 Å². The van der Waals surface area contributed by atoms with Crippen LogP contribution in [0, 0.1) is 5.92 Å². The third-order valence-corrected chi connectivity index (χ3v) is 4.99. The molecule has 0 saturated heterocycles. The third-order valence-electron chi connectivity index (χ3n) is 3.58. The quantitative estimate of drug-likeness (QED) is 0.770. The number of pyridine rings is 1. The molecule has 112 valence electrons. The lowest BCUT2D eigenvalue weighted by atomic mass is 10.3. The molecule has 0 unspecified atom stereocenters. The molecule has 2 rings (SSSR count). The first-order valence-electron chi connectivity index (χ1n) is 6.73. The van der Waals surface area contributed by atoms with Crippen LogP contribution >= 0.6 is 0 Å². The number of rotatable bonds is 7. The van der Waals surface area contributed by atoms with Crippen LogP contribution in [0.3, 0.4) is 0 Å². The molecule has 1 atom stereocenters. The van der Waals surface area contributed by atoms with Gasteiger partial charge in [-0.3, -0.25) is 0 Å². The number of hydrogen-bond acceptors (Lipinski definition) is 5. The van der Waals surface area contributed by atoms with Crippen molar-refractivity contribution in [3.05, 3.63) is 18.3 Å². The highest BCUT2D eigenvalue weighted by atomic mass is 32.2. The number of nitrogens with zero attached hydrogens (tertiary/aromatic N) is 2. The van der Waals surface area contributed by atoms with E-state index in [9.17, 15) is 8.42 Å². The van der Waals surface area contributed by atoms with Gasteiger partial charge in [-0.25, -0.2) is 18.1 Å². The van der Waals surface area contributed by atoms with Crippen LogP contribution in [0.4, 0.5) is 5.82 Å². The van der Waals surface area contributed by atoms with Crippen LogP contribution in [0.15, 0.2) is 23.2 Å². The van der Waals surface area contributed by atoms with Crippen LogP contribution in [-0.4, -0.2) is 44.7 Å². The largest absolute Gasteiger partial charge is 0.394 e. The lowest BCUT2D eigenvalue weighted by Crippen LogP contribution is -2.32. The van der Waals surface area contributed by atoms with E-state index in [1.165, 1.54) is 12.3 Å². The monoisotopic (exact) mass is 299 g/mol. The van der Waals surface area contributed by atoms with Gasteiger partial charge in [0.1, 0.15) is 10.7 Å². The highest BCUT2D eigenvalue weighted by Crippen LogP contribution is 2.28. The van der Waals surface area contributed by atoms with E-state index in [-0.39, 0.29) is 17.5 Å². The van der Waals surface area contributed by atoms with Crippen molar-refractivity contribution in [1.82, 2.24) is 9.71 Å². The minimum Gasteiger partial charge on any atom is -0.394 e. The molecular weight excluding hydrogens is 278 g/mol. The fourth-order valence-electron chi connectivity index (χ4n) is 1.72. The molecule has 2 N–H and O–H groups in total. The zero-order chi connectivity index (χ0) is 14.8. The molecule has 0 amide bonds. The third kappa shape index (κ3) is 3.68. The van der Waals surface area contributed by atoms with Crippen LogP contribution in [0.25, 0.3) is 0 Å². The predicted molar refractivity (Wildman–Crippen MR) is 77.1 cm³/mol. The average Bonchev–Trinajstić information content (AvgIpc) is 3.28. The van der Waals surface area contributed by atoms with E-state index in [1.807, 2.05) is 14.0 Å². The SMILES string of the molecule is C[C@H](CO)N(C)c1ccc(S(=O)(=O)NCC2CC2)cn1. The second-order valence-electron chi connectivity index (χ2n) is 5.29. The van der Waals surface area contributed by atoms with E-state index in [0.717, 1.165) is 12.8 Å². The van der Waals surface area contributed by atoms with Crippen molar-refractivity contribution in [2.24, 2.45) is 5.92 Å². The molecule has 0 aromatic carbocycles. The van der Waals surface area contributed by atoms with Crippen molar-refractivity contribution in [3.63, 3.8) is 0 Å².